The van der Waals surface area contributed by atoms with Crippen molar-refractivity contribution in [3.63, 3.8) is 0 Å². The minimum atomic E-state index is -0.196. The maximum Gasteiger partial charge on any atom is 0.272 e. The average Bonchev–Trinajstić information content (AvgIpc) is 3.40. The fraction of sp³-hybridized carbons (Fsp3) is 0.217. The highest BCUT2D eigenvalue weighted by molar-refractivity contribution is 8.00. The molecule has 4 aromatic rings. The first kappa shape index (κ1) is 22.0. The molecule has 5 rings (SSSR count). The van der Waals surface area contributed by atoms with Gasteiger partial charge in [0.15, 0.2) is 10.3 Å². The van der Waals surface area contributed by atoms with E-state index in [1.165, 1.54) is 23.1 Å². The Balaban J connectivity index is 1.41. The molecule has 0 aliphatic carbocycles. The zero-order valence-electron chi connectivity index (χ0n) is 17.9. The summed E-state index contributed by atoms with van der Waals surface area (Å²) in [5.74, 6) is 0.617. The predicted molar refractivity (Wildman–Crippen MR) is 134 cm³/mol. The second kappa shape index (κ2) is 9.20. The van der Waals surface area contributed by atoms with E-state index in [0.717, 1.165) is 22.3 Å². The fourth-order valence-electron chi connectivity index (χ4n) is 3.57. The van der Waals surface area contributed by atoms with Crippen molar-refractivity contribution in [2.24, 2.45) is 0 Å². The second-order valence-electron chi connectivity index (χ2n) is 7.46. The summed E-state index contributed by atoms with van der Waals surface area (Å²) >= 11 is 4.23. The number of anilines is 1. The van der Waals surface area contributed by atoms with Crippen molar-refractivity contribution in [1.82, 2.24) is 14.5 Å². The molecule has 0 saturated carbocycles. The van der Waals surface area contributed by atoms with Gasteiger partial charge in [-0.05, 0) is 36.4 Å². The Labute approximate surface area is 202 Å². The van der Waals surface area contributed by atoms with Crippen molar-refractivity contribution in [3.8, 4) is 11.4 Å². The van der Waals surface area contributed by atoms with Crippen LogP contribution in [0.15, 0.2) is 63.4 Å². The Morgan fingerprint density at radius 3 is 2.76 bits per heavy atom. The molecule has 0 fully saturated rings. The number of hydrogen-bond acceptors (Lipinski definition) is 8. The van der Waals surface area contributed by atoms with Crippen molar-refractivity contribution in [1.29, 1.82) is 0 Å². The van der Waals surface area contributed by atoms with E-state index in [-0.39, 0.29) is 17.2 Å². The van der Waals surface area contributed by atoms with Crippen LogP contribution in [-0.4, -0.2) is 38.6 Å². The smallest absolute Gasteiger partial charge is 0.272 e. The van der Waals surface area contributed by atoms with Gasteiger partial charge in [-0.15, -0.1) is 11.8 Å². The standard InChI is InChI=1S/C23H20N4O3S3/c1-13-11-17-20(32-13)21(29)27(14-7-9-15(30-2)10-8-14)23(25-17)31-12-19(28)26-22-24-16-5-3-4-6-18(16)33-22/h3-10,13H,11-12H2,1-2H3,(H,24,26,28). The Morgan fingerprint density at radius 2 is 2.00 bits per heavy atom. The molecular formula is C23H20N4O3S3. The van der Waals surface area contributed by atoms with Crippen LogP contribution in [0, 0.1) is 0 Å². The Hall–Kier alpha value is -2.82. The van der Waals surface area contributed by atoms with Gasteiger partial charge in [0.05, 0.1) is 39.4 Å². The molecule has 0 spiro atoms. The lowest BCUT2D eigenvalue weighted by molar-refractivity contribution is -0.113. The van der Waals surface area contributed by atoms with E-state index < -0.39 is 0 Å². The number of thiazole rings is 1. The van der Waals surface area contributed by atoms with Gasteiger partial charge in [-0.25, -0.2) is 9.97 Å². The number of fused-ring (bicyclic) bond motifs is 2. The number of methoxy groups -OCH3 is 1. The Morgan fingerprint density at radius 1 is 1.21 bits per heavy atom. The zero-order valence-corrected chi connectivity index (χ0v) is 20.4. The van der Waals surface area contributed by atoms with Gasteiger partial charge in [-0.3, -0.25) is 14.2 Å². The molecule has 1 amide bonds. The van der Waals surface area contributed by atoms with Gasteiger partial charge in [0, 0.05) is 11.7 Å². The molecule has 0 saturated heterocycles. The van der Waals surface area contributed by atoms with Gasteiger partial charge in [0.2, 0.25) is 5.91 Å². The highest BCUT2D eigenvalue weighted by Gasteiger charge is 2.27. The number of nitrogens with zero attached hydrogens (tertiary/aromatic N) is 3. The summed E-state index contributed by atoms with van der Waals surface area (Å²) in [4.78, 5) is 35.9. The van der Waals surface area contributed by atoms with Crippen molar-refractivity contribution < 1.29 is 9.53 Å². The van der Waals surface area contributed by atoms with Gasteiger partial charge in [-0.1, -0.05) is 42.2 Å². The molecule has 1 aliphatic rings. The number of ether oxygens (including phenoxy) is 1. The van der Waals surface area contributed by atoms with Crippen molar-refractivity contribution in [3.05, 3.63) is 64.6 Å². The topological polar surface area (TPSA) is 86.1 Å². The van der Waals surface area contributed by atoms with Crippen LogP contribution in [0.3, 0.4) is 0 Å². The number of carbonyl (C=O) groups is 1. The van der Waals surface area contributed by atoms with Crippen LogP contribution in [-0.2, 0) is 11.2 Å². The molecule has 2 aromatic carbocycles. The summed E-state index contributed by atoms with van der Waals surface area (Å²) in [6.07, 6.45) is 0.740. The minimum absolute atomic E-state index is 0.103. The van der Waals surface area contributed by atoms with Crippen molar-refractivity contribution >= 4 is 56.1 Å². The van der Waals surface area contributed by atoms with Crippen LogP contribution in [0.4, 0.5) is 5.13 Å². The lowest BCUT2D eigenvalue weighted by atomic mass is 10.2. The number of aromatic nitrogens is 3. The summed E-state index contributed by atoms with van der Waals surface area (Å²) < 4.78 is 7.84. The number of thioether (sulfide) groups is 2. The summed E-state index contributed by atoms with van der Waals surface area (Å²) in [5.41, 5.74) is 2.24. The first-order valence-electron chi connectivity index (χ1n) is 10.3. The second-order valence-corrected chi connectivity index (χ2v) is 10.9. The maximum atomic E-state index is 13.4. The summed E-state index contributed by atoms with van der Waals surface area (Å²) in [5, 5.41) is 4.22. The normalized spacial score (nSPS) is 14.9. The van der Waals surface area contributed by atoms with Gasteiger partial charge in [-0.2, -0.15) is 0 Å². The van der Waals surface area contributed by atoms with E-state index in [1.54, 1.807) is 35.6 Å². The van der Waals surface area contributed by atoms with Gasteiger partial charge >= 0.3 is 0 Å². The molecule has 1 aliphatic heterocycles. The summed E-state index contributed by atoms with van der Waals surface area (Å²) in [6.45, 7) is 2.09. The zero-order chi connectivity index (χ0) is 22.9. The first-order valence-corrected chi connectivity index (χ1v) is 12.9. The molecule has 2 aromatic heterocycles. The predicted octanol–water partition coefficient (Wildman–Crippen LogP) is 4.62. The largest absolute Gasteiger partial charge is 0.497 e. The van der Waals surface area contributed by atoms with Crippen LogP contribution in [0.5, 0.6) is 5.75 Å². The number of hydrogen-bond donors (Lipinski definition) is 1. The molecular weight excluding hydrogens is 476 g/mol. The van der Waals surface area contributed by atoms with E-state index in [2.05, 4.69) is 17.2 Å². The van der Waals surface area contributed by atoms with Crippen LogP contribution < -0.4 is 15.6 Å². The van der Waals surface area contributed by atoms with Gasteiger partial charge < -0.3 is 10.1 Å². The Bertz CT molecular complexity index is 1370. The molecule has 1 atom stereocenters. The number of benzene rings is 2. The molecule has 3 heterocycles. The number of para-hydroxylation sites is 1. The average molecular weight is 497 g/mol. The van der Waals surface area contributed by atoms with Crippen LogP contribution in [0.2, 0.25) is 0 Å². The molecule has 0 bridgehead atoms. The monoisotopic (exact) mass is 496 g/mol. The third-order valence-corrected chi connectivity index (χ3v) is 8.19. The SMILES string of the molecule is COc1ccc(-n2c(SCC(=O)Nc3nc4ccccc4s3)nc3c(c2=O)SC(C)C3)cc1. The third-order valence-electron chi connectivity index (χ3n) is 5.08. The lowest BCUT2D eigenvalue weighted by Crippen LogP contribution is -2.24. The molecule has 0 radical (unpaired) electrons. The Kier molecular flexibility index (Phi) is 6.13. The minimum Gasteiger partial charge on any atom is -0.497 e. The first-order chi connectivity index (χ1) is 16.0. The van der Waals surface area contributed by atoms with Crippen LogP contribution in [0.25, 0.3) is 15.9 Å². The van der Waals surface area contributed by atoms with E-state index in [1.807, 2.05) is 36.4 Å². The highest BCUT2D eigenvalue weighted by atomic mass is 32.2. The van der Waals surface area contributed by atoms with Gasteiger partial charge in [0.1, 0.15) is 5.75 Å². The van der Waals surface area contributed by atoms with E-state index >= 15 is 0 Å². The quantitative estimate of drug-likeness (QED) is 0.308. The van der Waals surface area contributed by atoms with Crippen molar-refractivity contribution in [2.75, 3.05) is 18.2 Å². The van der Waals surface area contributed by atoms with Crippen molar-refractivity contribution in [2.45, 2.75) is 28.6 Å². The molecule has 1 N–H and O–H groups in total. The number of rotatable bonds is 6. The highest BCUT2D eigenvalue weighted by Crippen LogP contribution is 2.35. The van der Waals surface area contributed by atoms with E-state index in [0.29, 0.717) is 31.9 Å². The summed E-state index contributed by atoms with van der Waals surface area (Å²) in [6, 6.07) is 15.0. The van der Waals surface area contributed by atoms with Crippen LogP contribution in [0.1, 0.15) is 12.6 Å². The molecule has 7 nitrogen and oxygen atoms in total. The molecule has 168 valence electrons. The molecule has 1 unspecified atom stereocenters. The molecule has 33 heavy (non-hydrogen) atoms. The summed E-state index contributed by atoms with van der Waals surface area (Å²) in [7, 11) is 1.60. The number of carbonyl (C=O) groups excluding carboxylic acids is 1. The van der Waals surface area contributed by atoms with E-state index in [4.69, 9.17) is 9.72 Å². The number of nitrogens with one attached hydrogen (secondary N) is 1. The molecule has 10 heteroatoms. The fourth-order valence-corrected chi connectivity index (χ4v) is 6.37. The lowest BCUT2D eigenvalue weighted by Gasteiger charge is -2.14. The van der Waals surface area contributed by atoms with E-state index in [9.17, 15) is 9.59 Å². The maximum absolute atomic E-state index is 13.4. The third kappa shape index (κ3) is 4.50. The van der Waals surface area contributed by atoms with Gasteiger partial charge in [0.25, 0.3) is 5.56 Å². The number of amides is 1. The van der Waals surface area contributed by atoms with Crippen LogP contribution >= 0.6 is 34.9 Å².